The summed E-state index contributed by atoms with van der Waals surface area (Å²) in [6.45, 7) is 0.654. The normalized spacial score (nSPS) is 12.4. The molecule has 0 saturated heterocycles. The van der Waals surface area contributed by atoms with Crippen molar-refractivity contribution in [3.8, 4) is 11.5 Å². The van der Waals surface area contributed by atoms with Gasteiger partial charge in [0.2, 0.25) is 0 Å². The second-order valence-electron chi connectivity index (χ2n) is 5.58. The molecule has 0 bridgehead atoms. The summed E-state index contributed by atoms with van der Waals surface area (Å²) in [4.78, 5) is 21.7. The number of alkyl halides is 3. The van der Waals surface area contributed by atoms with Crippen LogP contribution in [0.15, 0.2) is 36.4 Å². The molecule has 0 spiro atoms. The molecule has 1 N–H and O–H groups in total. The Balaban J connectivity index is 2.28. The van der Waals surface area contributed by atoms with Crippen LogP contribution in [0.2, 0.25) is 5.02 Å². The van der Waals surface area contributed by atoms with Crippen LogP contribution in [0.1, 0.15) is 18.1 Å². The molecule has 1 atom stereocenters. The van der Waals surface area contributed by atoms with E-state index in [1.165, 1.54) is 19.1 Å². The lowest BCUT2D eigenvalue weighted by Crippen LogP contribution is -2.19. The summed E-state index contributed by atoms with van der Waals surface area (Å²) in [6.07, 6.45) is -5.99. The van der Waals surface area contributed by atoms with Gasteiger partial charge in [-0.1, -0.05) is 11.6 Å². The minimum atomic E-state index is -4.57. The van der Waals surface area contributed by atoms with Crippen molar-refractivity contribution in [3.63, 3.8) is 0 Å². The molecule has 2 rings (SSSR count). The summed E-state index contributed by atoms with van der Waals surface area (Å²) >= 11 is 5.81. The van der Waals surface area contributed by atoms with E-state index in [4.69, 9.17) is 26.2 Å². The number of esters is 1. The van der Waals surface area contributed by atoms with Crippen molar-refractivity contribution < 1.29 is 37.5 Å². The average Bonchev–Trinajstić information content (AvgIpc) is 2.60. The van der Waals surface area contributed by atoms with Crippen molar-refractivity contribution in [2.75, 3.05) is 0 Å². The third-order valence-corrected chi connectivity index (χ3v) is 3.74. The first-order valence-electron chi connectivity index (χ1n) is 7.65. The fourth-order valence-electron chi connectivity index (χ4n) is 2.08. The molecule has 0 heterocycles. The highest BCUT2D eigenvalue weighted by molar-refractivity contribution is 6.32. The highest BCUT2D eigenvalue weighted by atomic mass is 35.5. The van der Waals surface area contributed by atoms with Crippen LogP contribution in [0.4, 0.5) is 18.9 Å². The fraction of sp³-hybridized carbons (Fsp3) is 0.235. The van der Waals surface area contributed by atoms with Gasteiger partial charge in [-0.3, -0.25) is 10.1 Å². The molecule has 0 aromatic heterocycles. The molecule has 0 aliphatic heterocycles. The predicted octanol–water partition coefficient (Wildman–Crippen LogP) is 4.48. The standard InChI is InChI=1S/C17H13ClF3NO6/c1-9(23)16(24)27-8-10-6-12(3-4-14(10)22(25)26)28-15-5-2-11(7-13(15)18)17(19,20)21/h2-7,9,23H,8H2,1H3. The summed E-state index contributed by atoms with van der Waals surface area (Å²) in [5.41, 5.74) is -1.37. The molecule has 0 saturated carbocycles. The first-order valence-corrected chi connectivity index (χ1v) is 8.03. The predicted molar refractivity (Wildman–Crippen MR) is 91.1 cm³/mol. The second-order valence-corrected chi connectivity index (χ2v) is 5.98. The van der Waals surface area contributed by atoms with Gasteiger partial charge >= 0.3 is 12.1 Å². The zero-order chi connectivity index (χ0) is 21.1. The van der Waals surface area contributed by atoms with Gasteiger partial charge in [0.1, 0.15) is 24.2 Å². The van der Waals surface area contributed by atoms with Crippen LogP contribution in [0.5, 0.6) is 11.5 Å². The number of ether oxygens (including phenoxy) is 2. The van der Waals surface area contributed by atoms with Crippen molar-refractivity contribution >= 4 is 23.3 Å². The van der Waals surface area contributed by atoms with E-state index in [1.54, 1.807) is 0 Å². The van der Waals surface area contributed by atoms with Crippen LogP contribution >= 0.6 is 11.6 Å². The molecule has 0 aliphatic carbocycles. The van der Waals surface area contributed by atoms with E-state index in [2.05, 4.69) is 0 Å². The number of nitro benzene ring substituents is 1. The van der Waals surface area contributed by atoms with Crippen LogP contribution in [0.3, 0.4) is 0 Å². The Hall–Kier alpha value is -2.85. The maximum Gasteiger partial charge on any atom is 0.416 e. The monoisotopic (exact) mass is 419 g/mol. The Morgan fingerprint density at radius 1 is 1.29 bits per heavy atom. The number of aliphatic hydroxyl groups is 1. The van der Waals surface area contributed by atoms with Crippen LogP contribution in [0, 0.1) is 10.1 Å². The Labute approximate surface area is 161 Å². The van der Waals surface area contributed by atoms with Gasteiger partial charge in [0.05, 0.1) is 21.1 Å². The zero-order valence-electron chi connectivity index (χ0n) is 14.2. The van der Waals surface area contributed by atoms with Gasteiger partial charge in [-0.25, -0.2) is 4.79 Å². The number of aliphatic hydroxyl groups excluding tert-OH is 1. The molecular formula is C17H13ClF3NO6. The van der Waals surface area contributed by atoms with Crippen LogP contribution in [0.25, 0.3) is 0 Å². The Morgan fingerprint density at radius 2 is 1.96 bits per heavy atom. The van der Waals surface area contributed by atoms with E-state index in [9.17, 15) is 28.1 Å². The topological polar surface area (TPSA) is 98.9 Å². The third-order valence-electron chi connectivity index (χ3n) is 3.45. The molecule has 1 unspecified atom stereocenters. The molecule has 28 heavy (non-hydrogen) atoms. The van der Waals surface area contributed by atoms with Crippen molar-refractivity contribution in [1.82, 2.24) is 0 Å². The van der Waals surface area contributed by atoms with Crippen LogP contribution < -0.4 is 4.74 Å². The Bertz CT molecular complexity index is 901. The van der Waals surface area contributed by atoms with Gasteiger partial charge in [-0.2, -0.15) is 13.2 Å². The van der Waals surface area contributed by atoms with Gasteiger partial charge in [-0.15, -0.1) is 0 Å². The maximum atomic E-state index is 12.7. The van der Waals surface area contributed by atoms with Gasteiger partial charge < -0.3 is 14.6 Å². The second kappa shape index (κ2) is 8.44. The minimum Gasteiger partial charge on any atom is -0.459 e. The number of nitrogens with zero attached hydrogens (tertiary/aromatic N) is 1. The van der Waals surface area contributed by atoms with E-state index >= 15 is 0 Å². The number of hydrogen-bond donors (Lipinski definition) is 1. The highest BCUT2D eigenvalue weighted by Crippen LogP contribution is 2.37. The molecule has 2 aromatic rings. The lowest BCUT2D eigenvalue weighted by molar-refractivity contribution is -0.385. The van der Waals surface area contributed by atoms with Crippen molar-refractivity contribution in [3.05, 3.63) is 62.7 Å². The van der Waals surface area contributed by atoms with E-state index in [1.807, 2.05) is 0 Å². The van der Waals surface area contributed by atoms with E-state index in [0.717, 1.165) is 18.2 Å². The lowest BCUT2D eigenvalue weighted by atomic mass is 10.1. The molecule has 0 aliphatic rings. The lowest BCUT2D eigenvalue weighted by Gasteiger charge is -2.12. The summed E-state index contributed by atoms with van der Waals surface area (Å²) in [6, 6.07) is 5.96. The van der Waals surface area contributed by atoms with Gasteiger partial charge in [0.25, 0.3) is 5.69 Å². The molecule has 0 fully saturated rings. The van der Waals surface area contributed by atoms with E-state index < -0.39 is 35.3 Å². The summed E-state index contributed by atoms with van der Waals surface area (Å²) < 4.78 is 48.2. The molecule has 150 valence electrons. The highest BCUT2D eigenvalue weighted by Gasteiger charge is 2.31. The molecule has 7 nitrogen and oxygen atoms in total. The number of carbonyl (C=O) groups excluding carboxylic acids is 1. The van der Waals surface area contributed by atoms with Crippen molar-refractivity contribution in [2.45, 2.75) is 25.8 Å². The molecule has 0 amide bonds. The fourth-order valence-corrected chi connectivity index (χ4v) is 2.29. The molecule has 2 aromatic carbocycles. The Morgan fingerprint density at radius 3 is 2.50 bits per heavy atom. The smallest absolute Gasteiger partial charge is 0.416 e. The SMILES string of the molecule is CC(O)C(=O)OCc1cc(Oc2ccc(C(F)(F)F)cc2Cl)ccc1[N+](=O)[O-]. The molecule has 0 radical (unpaired) electrons. The summed E-state index contributed by atoms with van der Waals surface area (Å²) in [5, 5.41) is 19.9. The number of carbonyl (C=O) groups is 1. The van der Waals surface area contributed by atoms with Gasteiger partial charge in [0.15, 0.2) is 0 Å². The molecular weight excluding hydrogens is 407 g/mol. The summed E-state index contributed by atoms with van der Waals surface area (Å²) in [5.74, 6) is -1.06. The Kier molecular flexibility index (Phi) is 6.47. The molecule has 11 heteroatoms. The van der Waals surface area contributed by atoms with Crippen LogP contribution in [-0.2, 0) is 22.3 Å². The quantitative estimate of drug-likeness (QED) is 0.421. The zero-order valence-corrected chi connectivity index (χ0v) is 15.0. The largest absolute Gasteiger partial charge is 0.459 e. The first kappa shape index (κ1) is 21.5. The maximum absolute atomic E-state index is 12.7. The minimum absolute atomic E-state index is 0.0235. The van der Waals surface area contributed by atoms with E-state index in [-0.39, 0.29) is 27.8 Å². The van der Waals surface area contributed by atoms with Crippen LogP contribution in [-0.4, -0.2) is 22.1 Å². The summed E-state index contributed by atoms with van der Waals surface area (Å²) in [7, 11) is 0. The third kappa shape index (κ3) is 5.33. The number of benzene rings is 2. The van der Waals surface area contributed by atoms with E-state index in [0.29, 0.717) is 6.07 Å². The van der Waals surface area contributed by atoms with Crippen molar-refractivity contribution in [2.24, 2.45) is 0 Å². The number of hydrogen-bond acceptors (Lipinski definition) is 6. The average molecular weight is 420 g/mol. The first-order chi connectivity index (χ1) is 13.0. The van der Waals surface area contributed by atoms with Crippen molar-refractivity contribution in [1.29, 1.82) is 0 Å². The van der Waals surface area contributed by atoms with Gasteiger partial charge in [0, 0.05) is 6.07 Å². The number of halogens is 4. The number of rotatable bonds is 6. The number of nitro groups is 1. The van der Waals surface area contributed by atoms with Gasteiger partial charge in [-0.05, 0) is 37.3 Å².